The minimum atomic E-state index is -0.135. The molecule has 1 fully saturated rings. The summed E-state index contributed by atoms with van der Waals surface area (Å²) >= 11 is 6.27. The number of hydrogen-bond donors (Lipinski definition) is 2. The molecule has 1 aromatic rings. The van der Waals surface area contributed by atoms with E-state index in [1.807, 2.05) is 25.1 Å². The summed E-state index contributed by atoms with van der Waals surface area (Å²) in [6.07, 6.45) is 1.86. The van der Waals surface area contributed by atoms with Crippen molar-refractivity contribution in [1.29, 1.82) is 0 Å². The quantitative estimate of drug-likeness (QED) is 0.643. The Labute approximate surface area is 134 Å². The van der Waals surface area contributed by atoms with Crippen LogP contribution in [-0.2, 0) is 4.79 Å². The number of thiocarbonyl (C=S) groups is 1. The number of nitrogens with zero attached hydrogens (tertiary/aromatic N) is 1. The van der Waals surface area contributed by atoms with Crippen molar-refractivity contribution in [3.63, 3.8) is 0 Å². The summed E-state index contributed by atoms with van der Waals surface area (Å²) in [7, 11) is 0. The van der Waals surface area contributed by atoms with Gasteiger partial charge in [-0.05, 0) is 43.2 Å². The fraction of sp³-hybridized carbons (Fsp3) is 0.333. The van der Waals surface area contributed by atoms with Crippen molar-refractivity contribution < 1.29 is 9.90 Å². The standard InChI is InChI=1S/C15H18N2O2S2/c1-3-17(6-7-18)12-5-4-11(10(2)8-12)9-13-14(19)16-15(20)21-13/h4-5,8-9,18H,3,6-7H2,1-2H3,(H,16,19,20)/b13-9-. The zero-order valence-electron chi connectivity index (χ0n) is 12.0. The molecule has 0 saturated carbocycles. The minimum absolute atomic E-state index is 0.132. The highest BCUT2D eigenvalue weighted by Gasteiger charge is 2.22. The van der Waals surface area contributed by atoms with Crippen LogP contribution >= 0.6 is 24.0 Å². The Bertz CT molecular complexity index is 599. The molecule has 0 spiro atoms. The van der Waals surface area contributed by atoms with Crippen LogP contribution in [0.5, 0.6) is 0 Å². The molecule has 6 heteroatoms. The van der Waals surface area contributed by atoms with Gasteiger partial charge in [-0.3, -0.25) is 4.79 Å². The van der Waals surface area contributed by atoms with Gasteiger partial charge in [-0.15, -0.1) is 0 Å². The number of nitrogens with one attached hydrogen (secondary N) is 1. The summed E-state index contributed by atoms with van der Waals surface area (Å²) < 4.78 is 0.501. The van der Waals surface area contributed by atoms with Gasteiger partial charge in [0.1, 0.15) is 4.32 Å². The average molecular weight is 322 g/mol. The van der Waals surface area contributed by atoms with E-state index >= 15 is 0 Å². The summed E-state index contributed by atoms with van der Waals surface area (Å²) in [5, 5.41) is 11.7. The molecule has 1 aliphatic rings. The molecule has 1 aromatic carbocycles. The van der Waals surface area contributed by atoms with Crippen LogP contribution in [-0.4, -0.2) is 35.0 Å². The summed E-state index contributed by atoms with van der Waals surface area (Å²) in [6, 6.07) is 6.07. The maximum atomic E-state index is 11.7. The van der Waals surface area contributed by atoms with Gasteiger partial charge in [0.15, 0.2) is 0 Å². The van der Waals surface area contributed by atoms with Crippen molar-refractivity contribution in [2.75, 3.05) is 24.6 Å². The van der Waals surface area contributed by atoms with Crippen LogP contribution in [0.4, 0.5) is 5.69 Å². The topological polar surface area (TPSA) is 52.6 Å². The van der Waals surface area contributed by atoms with Gasteiger partial charge in [0.2, 0.25) is 0 Å². The van der Waals surface area contributed by atoms with Crippen molar-refractivity contribution in [3.8, 4) is 0 Å². The smallest absolute Gasteiger partial charge is 0.263 e. The van der Waals surface area contributed by atoms with Gasteiger partial charge in [-0.1, -0.05) is 30.0 Å². The fourth-order valence-electron chi connectivity index (χ4n) is 2.17. The van der Waals surface area contributed by atoms with Crippen molar-refractivity contribution in [3.05, 3.63) is 34.2 Å². The van der Waals surface area contributed by atoms with Crippen molar-refractivity contribution in [1.82, 2.24) is 5.32 Å². The molecule has 0 bridgehead atoms. The lowest BCUT2D eigenvalue weighted by Crippen LogP contribution is -2.26. The predicted octanol–water partition coefficient (Wildman–Crippen LogP) is 2.30. The van der Waals surface area contributed by atoms with E-state index in [4.69, 9.17) is 17.3 Å². The molecule has 0 radical (unpaired) electrons. The number of rotatable bonds is 5. The zero-order valence-corrected chi connectivity index (χ0v) is 13.7. The van der Waals surface area contributed by atoms with E-state index in [0.29, 0.717) is 15.8 Å². The molecule has 2 N–H and O–H groups in total. The van der Waals surface area contributed by atoms with Crippen LogP contribution in [0.25, 0.3) is 6.08 Å². The van der Waals surface area contributed by atoms with Gasteiger partial charge in [-0.2, -0.15) is 0 Å². The summed E-state index contributed by atoms with van der Waals surface area (Å²) in [5.74, 6) is -0.135. The number of anilines is 1. The third-order valence-electron chi connectivity index (χ3n) is 3.30. The molecule has 1 amide bonds. The Morgan fingerprint density at radius 1 is 1.48 bits per heavy atom. The summed E-state index contributed by atoms with van der Waals surface area (Å²) in [5.41, 5.74) is 3.16. The third kappa shape index (κ3) is 3.84. The van der Waals surface area contributed by atoms with E-state index in [0.717, 1.165) is 23.4 Å². The first-order chi connectivity index (χ1) is 10.0. The van der Waals surface area contributed by atoms with Crippen LogP contribution in [0.2, 0.25) is 0 Å². The first-order valence-electron chi connectivity index (χ1n) is 6.76. The van der Waals surface area contributed by atoms with E-state index in [9.17, 15) is 4.79 Å². The van der Waals surface area contributed by atoms with E-state index in [1.54, 1.807) is 0 Å². The molecule has 2 rings (SSSR count). The number of benzene rings is 1. The predicted molar refractivity (Wildman–Crippen MR) is 92.5 cm³/mol. The number of aliphatic hydroxyl groups is 1. The molecule has 1 heterocycles. The number of carbonyl (C=O) groups is 1. The Hall–Kier alpha value is -1.37. The van der Waals surface area contributed by atoms with Crippen LogP contribution in [0.15, 0.2) is 23.1 Å². The molecular weight excluding hydrogens is 304 g/mol. The number of carbonyl (C=O) groups excluding carboxylic acids is 1. The highest BCUT2D eigenvalue weighted by Crippen LogP contribution is 2.28. The number of hydrogen-bond acceptors (Lipinski definition) is 5. The number of thioether (sulfide) groups is 1. The van der Waals surface area contributed by atoms with Crippen LogP contribution in [0, 0.1) is 6.92 Å². The van der Waals surface area contributed by atoms with Crippen molar-refractivity contribution in [2.24, 2.45) is 0 Å². The first kappa shape index (κ1) is 16.0. The van der Waals surface area contributed by atoms with Crippen molar-refractivity contribution in [2.45, 2.75) is 13.8 Å². The second-order valence-corrected chi connectivity index (χ2v) is 6.42. The highest BCUT2D eigenvalue weighted by molar-refractivity contribution is 8.26. The van der Waals surface area contributed by atoms with Gasteiger partial charge in [0.25, 0.3) is 5.91 Å². The fourth-order valence-corrected chi connectivity index (χ4v) is 3.21. The third-order valence-corrected chi connectivity index (χ3v) is 4.46. The molecule has 0 atom stereocenters. The van der Waals surface area contributed by atoms with Gasteiger partial charge in [-0.25, -0.2) is 0 Å². The van der Waals surface area contributed by atoms with Gasteiger partial charge >= 0.3 is 0 Å². The van der Waals surface area contributed by atoms with Crippen LogP contribution in [0.3, 0.4) is 0 Å². The lowest BCUT2D eigenvalue weighted by atomic mass is 10.1. The number of amides is 1. The summed E-state index contributed by atoms with van der Waals surface area (Å²) in [6.45, 7) is 5.66. The van der Waals surface area contributed by atoms with E-state index in [-0.39, 0.29) is 12.5 Å². The maximum absolute atomic E-state index is 11.7. The molecule has 0 aromatic heterocycles. The second-order valence-electron chi connectivity index (χ2n) is 4.70. The molecule has 4 nitrogen and oxygen atoms in total. The zero-order chi connectivity index (χ0) is 15.4. The second kappa shape index (κ2) is 7.06. The molecule has 0 aliphatic carbocycles. The van der Waals surface area contributed by atoms with Crippen LogP contribution < -0.4 is 10.2 Å². The molecule has 21 heavy (non-hydrogen) atoms. The Kier molecular flexibility index (Phi) is 5.39. The highest BCUT2D eigenvalue weighted by atomic mass is 32.2. The molecule has 1 aliphatic heterocycles. The lowest BCUT2D eigenvalue weighted by molar-refractivity contribution is -0.115. The first-order valence-corrected chi connectivity index (χ1v) is 7.99. The number of likely N-dealkylation sites (N-methyl/N-ethyl adjacent to an activating group) is 1. The number of aliphatic hydroxyl groups excluding tert-OH is 1. The van der Waals surface area contributed by atoms with Gasteiger partial charge in [0.05, 0.1) is 11.5 Å². The van der Waals surface area contributed by atoms with Crippen molar-refractivity contribution >= 4 is 46.0 Å². The summed E-state index contributed by atoms with van der Waals surface area (Å²) in [4.78, 5) is 14.4. The van der Waals surface area contributed by atoms with Gasteiger partial charge < -0.3 is 15.3 Å². The van der Waals surface area contributed by atoms with E-state index in [1.165, 1.54) is 11.8 Å². The largest absolute Gasteiger partial charge is 0.395 e. The Balaban J connectivity index is 2.25. The van der Waals surface area contributed by atoms with E-state index < -0.39 is 0 Å². The maximum Gasteiger partial charge on any atom is 0.263 e. The molecule has 112 valence electrons. The normalized spacial score (nSPS) is 16.4. The van der Waals surface area contributed by atoms with Crippen LogP contribution in [0.1, 0.15) is 18.1 Å². The SMILES string of the molecule is CCN(CCO)c1ccc(/C=C2\SC(=S)NC2=O)c(C)c1. The average Bonchev–Trinajstić information content (AvgIpc) is 2.76. The number of aryl methyl sites for hydroxylation is 1. The Morgan fingerprint density at radius 3 is 2.76 bits per heavy atom. The molecule has 1 saturated heterocycles. The lowest BCUT2D eigenvalue weighted by Gasteiger charge is -2.22. The monoisotopic (exact) mass is 322 g/mol. The minimum Gasteiger partial charge on any atom is -0.395 e. The molecular formula is C15H18N2O2S2. The molecule has 0 unspecified atom stereocenters. The van der Waals surface area contributed by atoms with E-state index in [2.05, 4.69) is 23.2 Å². The van der Waals surface area contributed by atoms with Gasteiger partial charge in [0, 0.05) is 18.8 Å². The Morgan fingerprint density at radius 2 is 2.24 bits per heavy atom.